The van der Waals surface area contributed by atoms with E-state index in [-0.39, 0.29) is 36.9 Å². The molecular weight excluding hydrogens is 356 g/mol. The van der Waals surface area contributed by atoms with Gasteiger partial charge in [-0.3, -0.25) is 9.59 Å². The molecule has 0 aliphatic heterocycles. The van der Waals surface area contributed by atoms with Gasteiger partial charge in [0.05, 0.1) is 31.2 Å². The molecule has 1 aromatic carbocycles. The van der Waals surface area contributed by atoms with Crippen LogP contribution in [0.3, 0.4) is 0 Å². The molecule has 0 aliphatic rings. The highest BCUT2D eigenvalue weighted by Crippen LogP contribution is 2.20. The normalized spacial score (nSPS) is 14.6. The van der Waals surface area contributed by atoms with Gasteiger partial charge in [0.25, 0.3) is 0 Å². The molecule has 6 nitrogen and oxygen atoms in total. The molecule has 0 aromatic heterocycles. The predicted octanol–water partition coefficient (Wildman–Crippen LogP) is 1.81. The van der Waals surface area contributed by atoms with E-state index in [0.717, 1.165) is 5.56 Å². The van der Waals surface area contributed by atoms with Crippen molar-refractivity contribution >= 4 is 11.8 Å². The second-order valence-electron chi connectivity index (χ2n) is 8.17. The lowest BCUT2D eigenvalue weighted by Crippen LogP contribution is -2.49. The fourth-order valence-corrected chi connectivity index (χ4v) is 2.88. The zero-order chi connectivity index (χ0) is 21.2. The Balaban J connectivity index is 2.69. The van der Waals surface area contributed by atoms with Crippen molar-refractivity contribution in [1.82, 2.24) is 10.6 Å². The van der Waals surface area contributed by atoms with E-state index in [4.69, 9.17) is 0 Å². The lowest BCUT2D eigenvalue weighted by molar-refractivity contribution is -0.131. The van der Waals surface area contributed by atoms with Crippen LogP contribution in [-0.4, -0.2) is 47.3 Å². The summed E-state index contributed by atoms with van der Waals surface area (Å²) in [7, 11) is 0. The van der Waals surface area contributed by atoms with Crippen LogP contribution in [0, 0.1) is 11.3 Å². The molecule has 156 valence electrons. The van der Waals surface area contributed by atoms with Gasteiger partial charge in [0.1, 0.15) is 0 Å². The van der Waals surface area contributed by atoms with Gasteiger partial charge in [-0.1, -0.05) is 57.2 Å². The first kappa shape index (κ1) is 23.9. The molecule has 0 heterocycles. The van der Waals surface area contributed by atoms with Crippen molar-refractivity contribution in [2.24, 2.45) is 11.3 Å². The average molecular weight is 391 g/mol. The van der Waals surface area contributed by atoms with Crippen LogP contribution in [0.25, 0.3) is 0 Å². The average Bonchev–Trinajstić information content (AvgIpc) is 2.64. The van der Waals surface area contributed by atoms with E-state index < -0.39 is 18.0 Å². The highest BCUT2D eigenvalue weighted by Gasteiger charge is 2.29. The topological polar surface area (TPSA) is 98.7 Å². The van der Waals surface area contributed by atoms with Crippen molar-refractivity contribution in [2.75, 3.05) is 13.2 Å². The number of hydrogen-bond acceptors (Lipinski definition) is 4. The molecule has 1 aromatic rings. The Morgan fingerprint density at radius 2 is 1.75 bits per heavy atom. The molecule has 0 bridgehead atoms. The molecule has 3 atom stereocenters. The first-order valence-electron chi connectivity index (χ1n) is 9.67. The first-order chi connectivity index (χ1) is 13.2. The zero-order valence-electron chi connectivity index (χ0n) is 17.1. The number of carbonyl (C=O) groups excluding carboxylic acids is 2. The summed E-state index contributed by atoms with van der Waals surface area (Å²) >= 11 is 0. The molecule has 0 unspecified atom stereocenters. The zero-order valence-corrected chi connectivity index (χ0v) is 17.1. The van der Waals surface area contributed by atoms with E-state index in [9.17, 15) is 19.8 Å². The number of rotatable bonds is 11. The van der Waals surface area contributed by atoms with Crippen molar-refractivity contribution in [2.45, 2.75) is 52.1 Å². The van der Waals surface area contributed by atoms with Crippen molar-refractivity contribution in [3.8, 4) is 0 Å². The van der Waals surface area contributed by atoms with E-state index in [1.165, 1.54) is 0 Å². The Morgan fingerprint density at radius 3 is 2.25 bits per heavy atom. The van der Waals surface area contributed by atoms with Crippen LogP contribution in [0.15, 0.2) is 43.0 Å². The minimum absolute atomic E-state index is 0.00850. The maximum atomic E-state index is 12.6. The summed E-state index contributed by atoms with van der Waals surface area (Å²) in [6.45, 7) is 9.10. The maximum absolute atomic E-state index is 12.6. The molecule has 2 amide bonds. The summed E-state index contributed by atoms with van der Waals surface area (Å²) in [5, 5.41) is 24.8. The van der Waals surface area contributed by atoms with Crippen molar-refractivity contribution in [3.63, 3.8) is 0 Å². The van der Waals surface area contributed by atoms with Gasteiger partial charge in [-0.25, -0.2) is 0 Å². The number of carbonyl (C=O) groups is 2. The van der Waals surface area contributed by atoms with E-state index in [1.54, 1.807) is 6.08 Å². The number of benzene rings is 1. The lowest BCUT2D eigenvalue weighted by atomic mass is 9.86. The van der Waals surface area contributed by atoms with E-state index in [0.29, 0.717) is 12.8 Å². The lowest BCUT2D eigenvalue weighted by Gasteiger charge is -2.31. The summed E-state index contributed by atoms with van der Waals surface area (Å²) in [6, 6.07) is 8.77. The van der Waals surface area contributed by atoms with Gasteiger partial charge >= 0.3 is 0 Å². The predicted molar refractivity (Wildman–Crippen MR) is 111 cm³/mol. The Labute approximate surface area is 168 Å². The van der Waals surface area contributed by atoms with Gasteiger partial charge < -0.3 is 20.8 Å². The number of nitrogens with one attached hydrogen (secondary N) is 2. The third-order valence-electron chi connectivity index (χ3n) is 4.71. The van der Waals surface area contributed by atoms with Gasteiger partial charge in [-0.05, 0) is 23.8 Å². The van der Waals surface area contributed by atoms with Gasteiger partial charge in [-0.15, -0.1) is 6.58 Å². The Bertz CT molecular complexity index is 625. The number of aliphatic hydroxyl groups is 2. The first-order valence-corrected chi connectivity index (χ1v) is 9.67. The fraction of sp³-hybridized carbons (Fsp3) is 0.545. The van der Waals surface area contributed by atoms with Crippen LogP contribution < -0.4 is 10.6 Å². The van der Waals surface area contributed by atoms with E-state index in [2.05, 4.69) is 17.2 Å². The number of allylic oxidation sites excluding steroid dienone is 1. The van der Waals surface area contributed by atoms with Crippen LogP contribution >= 0.6 is 0 Å². The van der Waals surface area contributed by atoms with Crippen molar-refractivity contribution < 1.29 is 19.8 Å². The van der Waals surface area contributed by atoms with Gasteiger partial charge in [0.2, 0.25) is 11.8 Å². The minimum Gasteiger partial charge on any atom is -0.394 e. The molecule has 0 saturated heterocycles. The molecule has 4 N–H and O–H groups in total. The quantitative estimate of drug-likeness (QED) is 0.433. The minimum atomic E-state index is -0.579. The van der Waals surface area contributed by atoms with Crippen LogP contribution in [-0.2, 0) is 16.0 Å². The highest BCUT2D eigenvalue weighted by atomic mass is 16.3. The van der Waals surface area contributed by atoms with Crippen LogP contribution in [0.5, 0.6) is 0 Å². The maximum Gasteiger partial charge on any atom is 0.224 e. The highest BCUT2D eigenvalue weighted by molar-refractivity contribution is 5.86. The summed E-state index contributed by atoms with van der Waals surface area (Å²) in [6.07, 6.45) is 2.46. The summed E-state index contributed by atoms with van der Waals surface area (Å²) in [5.74, 6) is -1.16. The number of hydrogen-bond donors (Lipinski definition) is 4. The second kappa shape index (κ2) is 11.6. The van der Waals surface area contributed by atoms with Gasteiger partial charge in [0, 0.05) is 6.42 Å². The number of amides is 2. The summed E-state index contributed by atoms with van der Waals surface area (Å²) in [5.41, 5.74) is 0.710. The van der Waals surface area contributed by atoms with E-state index in [1.807, 2.05) is 51.1 Å². The monoisotopic (exact) mass is 390 g/mol. The number of aliphatic hydroxyl groups excluding tert-OH is 2. The molecule has 1 rings (SSSR count). The Morgan fingerprint density at radius 1 is 1.11 bits per heavy atom. The molecule has 6 heteroatoms. The van der Waals surface area contributed by atoms with E-state index >= 15 is 0 Å². The SMILES string of the molecule is C=CC[C@H](CC(=O)N[C@H](CO)Cc1ccccc1)C(=O)N[C@H](CO)C(C)(C)C. The van der Waals surface area contributed by atoms with Crippen LogP contribution in [0.2, 0.25) is 0 Å². The second-order valence-corrected chi connectivity index (χ2v) is 8.17. The third-order valence-corrected chi connectivity index (χ3v) is 4.71. The van der Waals surface area contributed by atoms with Gasteiger partial charge in [-0.2, -0.15) is 0 Å². The van der Waals surface area contributed by atoms with Crippen molar-refractivity contribution in [1.29, 1.82) is 0 Å². The smallest absolute Gasteiger partial charge is 0.224 e. The van der Waals surface area contributed by atoms with Crippen LogP contribution in [0.4, 0.5) is 0 Å². The third kappa shape index (κ3) is 8.23. The molecule has 28 heavy (non-hydrogen) atoms. The fourth-order valence-electron chi connectivity index (χ4n) is 2.88. The molecule has 0 spiro atoms. The molecule has 0 fully saturated rings. The summed E-state index contributed by atoms with van der Waals surface area (Å²) < 4.78 is 0. The Hall–Kier alpha value is -2.18. The van der Waals surface area contributed by atoms with Crippen LogP contribution in [0.1, 0.15) is 39.2 Å². The standard InChI is InChI=1S/C22H34N2O4/c1-5-9-17(21(28)24-19(15-26)22(2,3)4)13-20(27)23-18(14-25)12-16-10-7-6-8-11-16/h5-8,10-11,17-19,25-26H,1,9,12-15H2,2-4H3,(H,23,27)(H,24,28)/t17-,18+,19-/m1/s1. The largest absolute Gasteiger partial charge is 0.394 e. The van der Waals surface area contributed by atoms with Crippen molar-refractivity contribution in [3.05, 3.63) is 48.6 Å². The molecule has 0 radical (unpaired) electrons. The Kier molecular flexibility index (Phi) is 9.90. The molecular formula is C22H34N2O4. The summed E-state index contributed by atoms with van der Waals surface area (Å²) in [4.78, 5) is 25.1. The molecule has 0 saturated carbocycles. The van der Waals surface area contributed by atoms with Gasteiger partial charge in [0.15, 0.2) is 0 Å². The molecule has 0 aliphatic carbocycles.